The summed E-state index contributed by atoms with van der Waals surface area (Å²) in [5, 5.41) is 6.19. The third-order valence-corrected chi connectivity index (χ3v) is 6.26. The molecule has 2 heterocycles. The molecule has 1 atom stereocenters. The molecule has 1 N–H and O–H groups in total. The van der Waals surface area contributed by atoms with Crippen molar-refractivity contribution in [2.75, 3.05) is 12.4 Å². The van der Waals surface area contributed by atoms with Crippen molar-refractivity contribution >= 4 is 56.3 Å². The quantitative estimate of drug-likeness (QED) is 0.406. The van der Waals surface area contributed by atoms with Crippen LogP contribution < -0.4 is 15.6 Å². The molecule has 4 rings (SSSR count). The molecule has 1 amide bonds. The molecule has 2 aromatic heterocycles. The van der Waals surface area contributed by atoms with Crippen LogP contribution in [0.5, 0.6) is 5.75 Å². The van der Waals surface area contributed by atoms with Crippen molar-refractivity contribution in [3.05, 3.63) is 74.6 Å². The zero-order chi connectivity index (χ0) is 22.1. The fourth-order valence-electron chi connectivity index (χ4n) is 3.20. The van der Waals surface area contributed by atoms with Gasteiger partial charge in [-0.3, -0.25) is 14.2 Å². The maximum atomic E-state index is 13.3. The van der Waals surface area contributed by atoms with E-state index in [1.165, 1.54) is 29.3 Å². The number of anilines is 1. The molecule has 9 heteroatoms. The SMILES string of the molecule is COc1ccc(Cl)cc1NC(=O)C(C)n1cnc2scc(-c3ccc(Cl)cc3)c2c1=O. The maximum absolute atomic E-state index is 13.3. The standard InChI is InChI=1S/C22H17Cl2N3O3S/c1-12(20(28)26-17-9-15(24)7-8-18(17)30-2)27-11-25-21-19(22(27)29)16(10-31-21)13-3-5-14(23)6-4-13/h3-12H,1-2H3,(H,26,28). The van der Waals surface area contributed by atoms with Gasteiger partial charge < -0.3 is 10.1 Å². The summed E-state index contributed by atoms with van der Waals surface area (Å²) in [6.07, 6.45) is 1.40. The van der Waals surface area contributed by atoms with E-state index < -0.39 is 11.9 Å². The molecule has 1 unspecified atom stereocenters. The molecular weight excluding hydrogens is 457 g/mol. The number of nitrogens with zero attached hydrogens (tertiary/aromatic N) is 2. The summed E-state index contributed by atoms with van der Waals surface area (Å²) < 4.78 is 6.59. The van der Waals surface area contributed by atoms with Gasteiger partial charge in [0.2, 0.25) is 5.91 Å². The summed E-state index contributed by atoms with van der Waals surface area (Å²) >= 11 is 13.4. The van der Waals surface area contributed by atoms with Crippen LogP contribution in [0.15, 0.2) is 59.0 Å². The number of benzene rings is 2. The first-order chi connectivity index (χ1) is 14.9. The van der Waals surface area contributed by atoms with Crippen LogP contribution in [0.25, 0.3) is 21.3 Å². The van der Waals surface area contributed by atoms with Gasteiger partial charge in [0, 0.05) is 21.0 Å². The molecule has 0 bridgehead atoms. The first-order valence-electron chi connectivity index (χ1n) is 9.27. The predicted molar refractivity (Wildman–Crippen MR) is 126 cm³/mol. The number of hydrogen-bond acceptors (Lipinski definition) is 5. The molecule has 2 aromatic carbocycles. The average Bonchev–Trinajstić information content (AvgIpc) is 3.19. The van der Waals surface area contributed by atoms with Crippen molar-refractivity contribution in [3.8, 4) is 16.9 Å². The van der Waals surface area contributed by atoms with E-state index in [0.29, 0.717) is 31.7 Å². The molecule has 4 aromatic rings. The maximum Gasteiger partial charge on any atom is 0.263 e. The van der Waals surface area contributed by atoms with E-state index >= 15 is 0 Å². The molecular formula is C22H17Cl2N3O3S. The molecule has 0 saturated carbocycles. The molecule has 6 nitrogen and oxygen atoms in total. The molecule has 0 fully saturated rings. The number of aromatic nitrogens is 2. The Bertz CT molecular complexity index is 1330. The number of ether oxygens (including phenoxy) is 1. The summed E-state index contributed by atoms with van der Waals surface area (Å²) in [5.74, 6) is 0.0702. The van der Waals surface area contributed by atoms with Crippen LogP contribution in [0.1, 0.15) is 13.0 Å². The lowest BCUT2D eigenvalue weighted by atomic mass is 10.1. The number of amides is 1. The van der Waals surface area contributed by atoms with Gasteiger partial charge in [-0.2, -0.15) is 0 Å². The smallest absolute Gasteiger partial charge is 0.263 e. The fourth-order valence-corrected chi connectivity index (χ4v) is 4.41. The molecule has 0 aliphatic heterocycles. The number of halogens is 2. The minimum absolute atomic E-state index is 0.295. The molecule has 158 valence electrons. The summed E-state index contributed by atoms with van der Waals surface area (Å²) in [5.41, 5.74) is 1.74. The van der Waals surface area contributed by atoms with E-state index in [-0.39, 0.29) is 5.56 Å². The lowest BCUT2D eigenvalue weighted by molar-refractivity contribution is -0.118. The van der Waals surface area contributed by atoms with Crippen LogP contribution in [0.4, 0.5) is 5.69 Å². The Kier molecular flexibility index (Phi) is 6.00. The number of fused-ring (bicyclic) bond motifs is 1. The summed E-state index contributed by atoms with van der Waals surface area (Å²) in [6.45, 7) is 1.63. The van der Waals surface area contributed by atoms with Crippen LogP contribution in [0.3, 0.4) is 0 Å². The van der Waals surface area contributed by atoms with Gasteiger partial charge in [0.05, 0.1) is 24.5 Å². The van der Waals surface area contributed by atoms with Crippen LogP contribution in [-0.4, -0.2) is 22.6 Å². The Balaban J connectivity index is 1.71. The van der Waals surface area contributed by atoms with E-state index in [1.54, 1.807) is 37.3 Å². The van der Waals surface area contributed by atoms with Gasteiger partial charge in [-0.1, -0.05) is 35.3 Å². The van der Waals surface area contributed by atoms with E-state index in [1.807, 2.05) is 17.5 Å². The zero-order valence-electron chi connectivity index (χ0n) is 16.6. The van der Waals surface area contributed by atoms with Crippen molar-refractivity contribution in [1.82, 2.24) is 9.55 Å². The normalized spacial score (nSPS) is 12.0. The largest absolute Gasteiger partial charge is 0.495 e. The summed E-state index contributed by atoms with van der Waals surface area (Å²) in [6, 6.07) is 11.3. The number of rotatable bonds is 5. The van der Waals surface area contributed by atoms with Crippen LogP contribution in [0.2, 0.25) is 10.0 Å². The second kappa shape index (κ2) is 8.70. The minimum atomic E-state index is -0.814. The number of carbonyl (C=O) groups is 1. The summed E-state index contributed by atoms with van der Waals surface area (Å²) in [7, 11) is 1.50. The van der Waals surface area contributed by atoms with Gasteiger partial charge in [0.1, 0.15) is 16.6 Å². The number of nitrogens with one attached hydrogen (secondary N) is 1. The van der Waals surface area contributed by atoms with Gasteiger partial charge in [-0.15, -0.1) is 11.3 Å². The second-order valence-corrected chi connectivity index (χ2v) is 8.53. The van der Waals surface area contributed by atoms with E-state index in [0.717, 1.165) is 11.1 Å². The lowest BCUT2D eigenvalue weighted by Gasteiger charge is -2.16. The molecule has 0 aliphatic carbocycles. The van der Waals surface area contributed by atoms with Gasteiger partial charge >= 0.3 is 0 Å². The van der Waals surface area contributed by atoms with Gasteiger partial charge in [0.15, 0.2) is 0 Å². The third-order valence-electron chi connectivity index (χ3n) is 4.89. The van der Waals surface area contributed by atoms with Gasteiger partial charge in [-0.05, 0) is 42.8 Å². The molecule has 31 heavy (non-hydrogen) atoms. The average molecular weight is 474 g/mol. The highest BCUT2D eigenvalue weighted by molar-refractivity contribution is 7.17. The monoisotopic (exact) mass is 473 g/mol. The first-order valence-corrected chi connectivity index (χ1v) is 10.9. The van der Waals surface area contributed by atoms with E-state index in [2.05, 4.69) is 10.3 Å². The van der Waals surface area contributed by atoms with E-state index in [4.69, 9.17) is 27.9 Å². The van der Waals surface area contributed by atoms with Crippen molar-refractivity contribution < 1.29 is 9.53 Å². The molecule has 0 saturated heterocycles. The van der Waals surface area contributed by atoms with Crippen LogP contribution in [-0.2, 0) is 4.79 Å². The predicted octanol–water partition coefficient (Wildman–Crippen LogP) is 5.64. The minimum Gasteiger partial charge on any atom is -0.495 e. The lowest BCUT2D eigenvalue weighted by Crippen LogP contribution is -2.31. The van der Waals surface area contributed by atoms with Crippen molar-refractivity contribution in [3.63, 3.8) is 0 Å². The number of methoxy groups -OCH3 is 1. The Hall–Kier alpha value is -2.87. The highest BCUT2D eigenvalue weighted by Gasteiger charge is 2.21. The number of hydrogen-bond donors (Lipinski definition) is 1. The zero-order valence-corrected chi connectivity index (χ0v) is 18.9. The molecule has 0 spiro atoms. The van der Waals surface area contributed by atoms with Crippen molar-refractivity contribution in [1.29, 1.82) is 0 Å². The number of carbonyl (C=O) groups excluding carboxylic acids is 1. The van der Waals surface area contributed by atoms with Crippen molar-refractivity contribution in [2.45, 2.75) is 13.0 Å². The molecule has 0 radical (unpaired) electrons. The highest BCUT2D eigenvalue weighted by atomic mass is 35.5. The Morgan fingerprint density at radius 3 is 2.58 bits per heavy atom. The Morgan fingerprint density at radius 2 is 1.87 bits per heavy atom. The number of thiophene rings is 1. The van der Waals surface area contributed by atoms with Crippen LogP contribution in [0, 0.1) is 0 Å². The second-order valence-electron chi connectivity index (χ2n) is 6.80. The van der Waals surface area contributed by atoms with Gasteiger partial charge in [-0.25, -0.2) is 4.98 Å². The third kappa shape index (κ3) is 4.17. The molecule has 0 aliphatic rings. The first kappa shape index (κ1) is 21.4. The fraction of sp³-hybridized carbons (Fsp3) is 0.136. The van der Waals surface area contributed by atoms with Crippen molar-refractivity contribution in [2.24, 2.45) is 0 Å². The Morgan fingerprint density at radius 1 is 1.16 bits per heavy atom. The topological polar surface area (TPSA) is 73.2 Å². The Labute approximate surface area is 192 Å². The van der Waals surface area contributed by atoms with E-state index in [9.17, 15) is 9.59 Å². The van der Waals surface area contributed by atoms with Crippen LogP contribution >= 0.6 is 34.5 Å². The summed E-state index contributed by atoms with van der Waals surface area (Å²) in [4.78, 5) is 31.2. The highest BCUT2D eigenvalue weighted by Crippen LogP contribution is 2.32. The van der Waals surface area contributed by atoms with Gasteiger partial charge in [0.25, 0.3) is 5.56 Å².